The Morgan fingerprint density at radius 1 is 0.829 bits per heavy atom. The molecule has 1 aromatic carbocycles. The molecule has 0 spiro atoms. The van der Waals surface area contributed by atoms with Crippen molar-refractivity contribution in [2.45, 2.75) is 116 Å². The summed E-state index contributed by atoms with van der Waals surface area (Å²) < 4.78 is 30.4. The van der Waals surface area contributed by atoms with E-state index in [1.165, 1.54) is 103 Å². The second-order valence-corrected chi connectivity index (χ2v) is 9.40. The molecule has 0 bridgehead atoms. The maximum Gasteiger partial charge on any atom is 0.166 e. The maximum atomic E-state index is 14.2. The number of unbranched alkanes of at least 4 members (excludes halogenated alkanes) is 15. The molecule has 0 fully saturated rings. The number of nitrogens with zero attached hydrogens (tertiary/aromatic N) is 1. The molecule has 0 aromatic heterocycles. The van der Waals surface area contributed by atoms with Gasteiger partial charge in [-0.05, 0) is 12.5 Å². The molecule has 0 aliphatic heterocycles. The molecule has 0 heterocycles. The Morgan fingerprint density at radius 3 is 1.80 bits per heavy atom. The zero-order valence-electron chi connectivity index (χ0n) is 22.2. The molecule has 1 atom stereocenters. The number of methoxy groups -OCH3 is 1. The van der Waals surface area contributed by atoms with Crippen LogP contribution in [-0.2, 0) is 4.74 Å². The lowest BCUT2D eigenvalue weighted by Crippen LogP contribution is -2.27. The van der Waals surface area contributed by atoms with E-state index in [9.17, 15) is 9.50 Å². The van der Waals surface area contributed by atoms with Crippen molar-refractivity contribution in [3.8, 4) is 17.6 Å². The lowest BCUT2D eigenvalue weighted by Gasteiger charge is -2.18. The summed E-state index contributed by atoms with van der Waals surface area (Å²) in [7, 11) is 1.41. The van der Waals surface area contributed by atoms with Crippen LogP contribution in [0, 0.1) is 17.1 Å². The summed E-state index contributed by atoms with van der Waals surface area (Å²) in [5, 5.41) is 18.6. The van der Waals surface area contributed by atoms with Gasteiger partial charge in [-0.25, -0.2) is 4.39 Å². The monoisotopic (exact) mass is 493 g/mol. The van der Waals surface area contributed by atoms with E-state index in [0.29, 0.717) is 6.61 Å². The molecule has 0 radical (unpaired) electrons. The highest BCUT2D eigenvalue weighted by Crippen LogP contribution is 2.28. The molecule has 200 valence electrons. The third-order valence-corrected chi connectivity index (χ3v) is 6.32. The summed E-state index contributed by atoms with van der Waals surface area (Å²) in [6.45, 7) is 2.75. The zero-order chi connectivity index (χ0) is 25.6. The topological polar surface area (TPSA) is 71.7 Å². The van der Waals surface area contributed by atoms with Gasteiger partial charge in [-0.15, -0.1) is 0 Å². The Hall–Kier alpha value is -1.84. The van der Waals surface area contributed by atoms with Crippen LogP contribution in [0.5, 0.6) is 11.5 Å². The molecule has 0 aliphatic carbocycles. The normalized spacial score (nSPS) is 11.9. The Kier molecular flexibility index (Phi) is 19.1. The van der Waals surface area contributed by atoms with Gasteiger partial charge in [0.05, 0.1) is 25.9 Å². The summed E-state index contributed by atoms with van der Waals surface area (Å²) >= 11 is 0. The van der Waals surface area contributed by atoms with Crippen molar-refractivity contribution in [3.05, 3.63) is 23.5 Å². The summed E-state index contributed by atoms with van der Waals surface area (Å²) in [5.41, 5.74) is 0.0950. The molecule has 1 N–H and O–H groups in total. The first-order chi connectivity index (χ1) is 17.2. The van der Waals surface area contributed by atoms with Gasteiger partial charge in [-0.2, -0.15) is 5.26 Å². The van der Waals surface area contributed by atoms with Crippen molar-refractivity contribution >= 4 is 0 Å². The number of aliphatic hydroxyl groups excluding tert-OH is 1. The summed E-state index contributed by atoms with van der Waals surface area (Å²) in [6, 6.07) is 4.27. The van der Waals surface area contributed by atoms with Gasteiger partial charge in [0.15, 0.2) is 11.6 Å². The highest BCUT2D eigenvalue weighted by atomic mass is 19.1. The van der Waals surface area contributed by atoms with Crippen LogP contribution in [0.25, 0.3) is 0 Å². The second kappa shape index (κ2) is 21.4. The van der Waals surface area contributed by atoms with Gasteiger partial charge in [0.25, 0.3) is 0 Å². The minimum absolute atomic E-state index is 0.0640. The van der Waals surface area contributed by atoms with Crippen molar-refractivity contribution in [2.24, 2.45) is 0 Å². The smallest absolute Gasteiger partial charge is 0.166 e. The van der Waals surface area contributed by atoms with Crippen molar-refractivity contribution in [3.63, 3.8) is 0 Å². The minimum atomic E-state index is -0.678. The zero-order valence-corrected chi connectivity index (χ0v) is 22.2. The Balaban J connectivity index is 1.99. The van der Waals surface area contributed by atoms with Crippen LogP contribution >= 0.6 is 0 Å². The number of hydrogen-bond donors (Lipinski definition) is 1. The first-order valence-electron chi connectivity index (χ1n) is 13.8. The second-order valence-electron chi connectivity index (χ2n) is 9.40. The standard InChI is InChI=1S/C29H48FNO4/c1-3-4-5-6-7-8-9-10-11-12-13-14-15-16-17-18-19-34-24-26(23-32)35-29-21-28(33-2)25(22-31)20-27(29)30/h20-21,26,32H,3-19,23-24H2,1-2H3/t26-/m0/s1. The van der Waals surface area contributed by atoms with Gasteiger partial charge in [-0.1, -0.05) is 103 Å². The van der Waals surface area contributed by atoms with Crippen LogP contribution in [0.15, 0.2) is 12.1 Å². The van der Waals surface area contributed by atoms with Gasteiger partial charge in [-0.3, -0.25) is 0 Å². The van der Waals surface area contributed by atoms with Gasteiger partial charge in [0.1, 0.15) is 17.9 Å². The van der Waals surface area contributed by atoms with E-state index >= 15 is 0 Å². The predicted octanol–water partition coefficient (Wildman–Crippen LogP) is 7.72. The summed E-state index contributed by atoms with van der Waals surface area (Å²) in [6.07, 6.45) is 20.5. The third-order valence-electron chi connectivity index (χ3n) is 6.32. The number of aliphatic hydroxyl groups is 1. The van der Waals surface area contributed by atoms with Crippen molar-refractivity contribution < 1.29 is 23.7 Å². The van der Waals surface area contributed by atoms with Crippen LogP contribution in [-0.4, -0.2) is 38.1 Å². The summed E-state index contributed by atoms with van der Waals surface area (Å²) in [5.74, 6) is -0.501. The number of benzene rings is 1. The maximum absolute atomic E-state index is 14.2. The quantitative estimate of drug-likeness (QED) is 0.158. The molecule has 0 aliphatic rings. The van der Waals surface area contributed by atoms with E-state index in [4.69, 9.17) is 19.5 Å². The van der Waals surface area contributed by atoms with Crippen LogP contribution in [0.1, 0.15) is 115 Å². The molecule has 0 unspecified atom stereocenters. The fourth-order valence-corrected chi connectivity index (χ4v) is 4.15. The fraction of sp³-hybridized carbons (Fsp3) is 0.759. The van der Waals surface area contributed by atoms with Gasteiger partial charge in [0.2, 0.25) is 0 Å². The molecule has 0 amide bonds. The number of rotatable bonds is 23. The van der Waals surface area contributed by atoms with E-state index in [1.807, 2.05) is 6.07 Å². The fourth-order valence-electron chi connectivity index (χ4n) is 4.15. The lowest BCUT2D eigenvalue weighted by molar-refractivity contribution is 0.0170. The number of ether oxygens (including phenoxy) is 3. The van der Waals surface area contributed by atoms with Crippen molar-refractivity contribution in [1.82, 2.24) is 0 Å². The number of nitriles is 1. The highest BCUT2D eigenvalue weighted by Gasteiger charge is 2.16. The highest BCUT2D eigenvalue weighted by molar-refractivity contribution is 5.48. The SMILES string of the molecule is CCCCCCCCCCCCCCCCCCOC[C@H](CO)Oc1cc(OC)c(C#N)cc1F. The molecule has 1 aromatic rings. The molecule has 6 heteroatoms. The van der Waals surface area contributed by atoms with Gasteiger partial charge >= 0.3 is 0 Å². The Bertz CT molecular complexity index is 692. The van der Waals surface area contributed by atoms with Gasteiger partial charge < -0.3 is 19.3 Å². The average molecular weight is 494 g/mol. The molecule has 5 nitrogen and oxygen atoms in total. The number of halogens is 1. The molecule has 0 saturated heterocycles. The van der Waals surface area contributed by atoms with E-state index in [1.54, 1.807) is 0 Å². The summed E-state index contributed by atoms with van der Waals surface area (Å²) in [4.78, 5) is 0. The van der Waals surface area contributed by atoms with Crippen molar-refractivity contribution in [1.29, 1.82) is 5.26 Å². The van der Waals surface area contributed by atoms with E-state index in [0.717, 1.165) is 18.9 Å². The average Bonchev–Trinajstić information content (AvgIpc) is 2.87. The Labute approximate surface area is 213 Å². The van der Waals surface area contributed by atoms with Crippen molar-refractivity contribution in [2.75, 3.05) is 26.9 Å². The third kappa shape index (κ3) is 15.0. The van der Waals surface area contributed by atoms with E-state index in [-0.39, 0.29) is 30.3 Å². The van der Waals surface area contributed by atoms with Crippen LogP contribution in [0.2, 0.25) is 0 Å². The van der Waals surface area contributed by atoms with Crippen LogP contribution < -0.4 is 9.47 Å². The van der Waals surface area contributed by atoms with Crippen LogP contribution in [0.3, 0.4) is 0 Å². The van der Waals surface area contributed by atoms with Gasteiger partial charge in [0, 0.05) is 12.7 Å². The first kappa shape index (κ1) is 31.2. The Morgan fingerprint density at radius 2 is 1.34 bits per heavy atom. The van der Waals surface area contributed by atoms with E-state index < -0.39 is 11.9 Å². The molecular weight excluding hydrogens is 445 g/mol. The molecule has 1 rings (SSSR count). The molecule has 0 saturated carbocycles. The largest absolute Gasteiger partial charge is 0.495 e. The molecular formula is C29H48FNO4. The predicted molar refractivity (Wildman–Crippen MR) is 140 cm³/mol. The lowest BCUT2D eigenvalue weighted by atomic mass is 10.0. The van der Waals surface area contributed by atoms with E-state index in [2.05, 4.69) is 6.92 Å². The number of hydrogen-bond acceptors (Lipinski definition) is 5. The minimum Gasteiger partial charge on any atom is -0.495 e. The molecule has 35 heavy (non-hydrogen) atoms. The van der Waals surface area contributed by atoms with Crippen LogP contribution in [0.4, 0.5) is 4.39 Å². The first-order valence-corrected chi connectivity index (χ1v) is 13.8.